The first kappa shape index (κ1) is 17.0. The Hall–Kier alpha value is -2.41. The van der Waals surface area contributed by atoms with Crippen LogP contribution in [0.4, 0.5) is 20.2 Å². The molecule has 0 aliphatic heterocycles. The first-order valence-electron chi connectivity index (χ1n) is 6.70. The van der Waals surface area contributed by atoms with Gasteiger partial charge in [-0.3, -0.25) is 9.59 Å². The molecular weight excluding hydrogens is 322 g/mol. The number of rotatable bonds is 5. The Morgan fingerprint density at radius 3 is 2.48 bits per heavy atom. The summed E-state index contributed by atoms with van der Waals surface area (Å²) in [6.45, 7) is 1.39. The van der Waals surface area contributed by atoms with Gasteiger partial charge >= 0.3 is 0 Å². The van der Waals surface area contributed by atoms with Crippen LogP contribution in [0.5, 0.6) is 0 Å². The van der Waals surface area contributed by atoms with Crippen molar-refractivity contribution in [2.24, 2.45) is 0 Å². The summed E-state index contributed by atoms with van der Waals surface area (Å²) < 4.78 is 26.3. The molecule has 0 aliphatic rings. The van der Waals surface area contributed by atoms with E-state index in [2.05, 4.69) is 10.6 Å². The Morgan fingerprint density at radius 1 is 1.04 bits per heavy atom. The molecule has 0 spiro atoms. The van der Waals surface area contributed by atoms with Crippen molar-refractivity contribution in [1.29, 1.82) is 0 Å². The van der Waals surface area contributed by atoms with Gasteiger partial charge in [0.05, 0.1) is 17.1 Å². The molecule has 0 bridgehead atoms. The normalized spacial score (nSPS) is 10.2. The largest absolute Gasteiger partial charge is 0.325 e. The molecule has 2 N–H and O–H groups in total. The Morgan fingerprint density at radius 2 is 1.78 bits per heavy atom. The van der Waals surface area contributed by atoms with E-state index in [1.165, 1.54) is 24.8 Å². The van der Waals surface area contributed by atoms with Gasteiger partial charge in [-0.25, -0.2) is 8.78 Å². The molecule has 0 fully saturated rings. The Kier molecular flexibility index (Phi) is 5.70. The molecule has 23 heavy (non-hydrogen) atoms. The van der Waals surface area contributed by atoms with Crippen molar-refractivity contribution in [3.63, 3.8) is 0 Å². The fraction of sp³-hybridized carbons (Fsp3) is 0.125. The van der Waals surface area contributed by atoms with E-state index in [0.29, 0.717) is 11.8 Å². The Labute approximate surface area is 136 Å². The number of amides is 2. The smallest absolute Gasteiger partial charge is 0.234 e. The molecule has 2 aromatic carbocycles. The lowest BCUT2D eigenvalue weighted by atomic mass is 10.3. The lowest BCUT2D eigenvalue weighted by molar-refractivity contribution is -0.114. The molecule has 7 heteroatoms. The van der Waals surface area contributed by atoms with Crippen LogP contribution in [-0.4, -0.2) is 17.6 Å². The van der Waals surface area contributed by atoms with Gasteiger partial charge in [-0.15, -0.1) is 11.8 Å². The molecule has 0 heterocycles. The number of para-hydroxylation sites is 1. The predicted octanol–water partition coefficient (Wildman–Crippen LogP) is 3.65. The number of halogens is 2. The zero-order chi connectivity index (χ0) is 16.8. The van der Waals surface area contributed by atoms with Gasteiger partial charge in [-0.05, 0) is 24.3 Å². The third-order valence-electron chi connectivity index (χ3n) is 2.76. The zero-order valence-corrected chi connectivity index (χ0v) is 13.0. The quantitative estimate of drug-likeness (QED) is 0.820. The summed E-state index contributed by atoms with van der Waals surface area (Å²) in [6.07, 6.45) is 0. The van der Waals surface area contributed by atoms with E-state index >= 15 is 0 Å². The van der Waals surface area contributed by atoms with Crippen molar-refractivity contribution in [1.82, 2.24) is 0 Å². The molecule has 0 saturated carbocycles. The number of hydrogen-bond donors (Lipinski definition) is 2. The molecule has 0 atom stereocenters. The summed E-state index contributed by atoms with van der Waals surface area (Å²) in [5.41, 5.74) is 0.526. The van der Waals surface area contributed by atoms with E-state index in [-0.39, 0.29) is 17.3 Å². The van der Waals surface area contributed by atoms with Crippen molar-refractivity contribution >= 4 is 35.0 Å². The molecule has 2 amide bonds. The van der Waals surface area contributed by atoms with E-state index in [4.69, 9.17) is 0 Å². The number of carbonyl (C=O) groups excluding carboxylic acids is 2. The second-order valence-electron chi connectivity index (χ2n) is 4.64. The average Bonchev–Trinajstić information content (AvgIpc) is 2.49. The Balaban J connectivity index is 1.98. The fourth-order valence-corrected chi connectivity index (χ4v) is 2.61. The lowest BCUT2D eigenvalue weighted by Gasteiger charge is -2.10. The third kappa shape index (κ3) is 5.07. The number of thioether (sulfide) groups is 1. The SMILES string of the molecule is CC(=O)Nc1ccccc1SCC(=O)Nc1ccc(F)cc1F. The molecule has 2 rings (SSSR count). The van der Waals surface area contributed by atoms with Crippen molar-refractivity contribution in [2.75, 3.05) is 16.4 Å². The highest BCUT2D eigenvalue weighted by Gasteiger charge is 2.10. The van der Waals surface area contributed by atoms with Crippen molar-refractivity contribution in [3.8, 4) is 0 Å². The van der Waals surface area contributed by atoms with Crippen LogP contribution >= 0.6 is 11.8 Å². The maximum absolute atomic E-state index is 13.5. The van der Waals surface area contributed by atoms with Gasteiger partial charge in [0.15, 0.2) is 0 Å². The molecule has 0 radical (unpaired) electrons. The van der Waals surface area contributed by atoms with Crippen LogP contribution in [0.1, 0.15) is 6.92 Å². The van der Waals surface area contributed by atoms with E-state index in [1.54, 1.807) is 24.3 Å². The van der Waals surface area contributed by atoms with Gasteiger partial charge in [0.25, 0.3) is 0 Å². The van der Waals surface area contributed by atoms with Crippen LogP contribution in [0.2, 0.25) is 0 Å². The molecule has 0 unspecified atom stereocenters. The first-order valence-corrected chi connectivity index (χ1v) is 7.68. The second kappa shape index (κ2) is 7.73. The van der Waals surface area contributed by atoms with Crippen LogP contribution < -0.4 is 10.6 Å². The minimum Gasteiger partial charge on any atom is -0.325 e. The minimum atomic E-state index is -0.831. The van der Waals surface area contributed by atoms with Crippen molar-refractivity contribution < 1.29 is 18.4 Å². The van der Waals surface area contributed by atoms with E-state index in [9.17, 15) is 18.4 Å². The summed E-state index contributed by atoms with van der Waals surface area (Å²) >= 11 is 1.20. The summed E-state index contributed by atoms with van der Waals surface area (Å²) in [4.78, 5) is 23.7. The van der Waals surface area contributed by atoms with Crippen LogP contribution in [0.15, 0.2) is 47.4 Å². The summed E-state index contributed by atoms with van der Waals surface area (Å²) in [6, 6.07) is 9.97. The van der Waals surface area contributed by atoms with Gasteiger partial charge < -0.3 is 10.6 Å². The molecule has 4 nitrogen and oxygen atoms in total. The van der Waals surface area contributed by atoms with Gasteiger partial charge in [0.2, 0.25) is 11.8 Å². The fourth-order valence-electron chi connectivity index (χ4n) is 1.81. The number of anilines is 2. The number of nitrogens with one attached hydrogen (secondary N) is 2. The summed E-state index contributed by atoms with van der Waals surface area (Å²) in [5.74, 6) is -2.16. The van der Waals surface area contributed by atoms with Crippen molar-refractivity contribution in [2.45, 2.75) is 11.8 Å². The van der Waals surface area contributed by atoms with Crippen molar-refractivity contribution in [3.05, 3.63) is 54.1 Å². The molecule has 120 valence electrons. The Bertz CT molecular complexity index is 738. The highest BCUT2D eigenvalue weighted by Crippen LogP contribution is 2.27. The number of hydrogen-bond acceptors (Lipinski definition) is 3. The minimum absolute atomic E-state index is 0.0212. The van der Waals surface area contributed by atoms with Crippen LogP contribution in [0, 0.1) is 11.6 Å². The molecular formula is C16H14F2N2O2S. The van der Waals surface area contributed by atoms with Crippen LogP contribution in [-0.2, 0) is 9.59 Å². The predicted molar refractivity (Wildman–Crippen MR) is 86.5 cm³/mol. The second-order valence-corrected chi connectivity index (χ2v) is 5.66. The average molecular weight is 336 g/mol. The third-order valence-corrected chi connectivity index (χ3v) is 3.84. The van der Waals surface area contributed by atoms with E-state index in [1.807, 2.05) is 0 Å². The standard InChI is InChI=1S/C16H14F2N2O2S/c1-10(21)19-14-4-2-3-5-15(14)23-9-16(22)20-13-7-6-11(17)8-12(13)18/h2-8H,9H2,1H3,(H,19,21)(H,20,22). The van der Waals surface area contributed by atoms with Gasteiger partial charge in [-0.2, -0.15) is 0 Å². The number of carbonyl (C=O) groups is 2. The lowest BCUT2D eigenvalue weighted by Crippen LogP contribution is -2.15. The zero-order valence-electron chi connectivity index (χ0n) is 12.2. The maximum Gasteiger partial charge on any atom is 0.234 e. The molecule has 2 aromatic rings. The van der Waals surface area contributed by atoms with Gasteiger partial charge in [-0.1, -0.05) is 12.1 Å². The maximum atomic E-state index is 13.5. The monoisotopic (exact) mass is 336 g/mol. The van der Waals surface area contributed by atoms with E-state index < -0.39 is 17.5 Å². The highest BCUT2D eigenvalue weighted by molar-refractivity contribution is 8.00. The van der Waals surface area contributed by atoms with Gasteiger partial charge in [0, 0.05) is 17.9 Å². The molecule has 0 saturated heterocycles. The topological polar surface area (TPSA) is 58.2 Å². The van der Waals surface area contributed by atoms with Crippen LogP contribution in [0.3, 0.4) is 0 Å². The summed E-state index contributed by atoms with van der Waals surface area (Å²) in [7, 11) is 0. The van der Waals surface area contributed by atoms with Crippen LogP contribution in [0.25, 0.3) is 0 Å². The molecule has 0 aliphatic carbocycles. The highest BCUT2D eigenvalue weighted by atomic mass is 32.2. The number of benzene rings is 2. The summed E-state index contributed by atoms with van der Waals surface area (Å²) in [5, 5.41) is 5.05. The first-order chi connectivity index (χ1) is 11.0. The van der Waals surface area contributed by atoms with Gasteiger partial charge in [0.1, 0.15) is 11.6 Å². The molecule has 0 aromatic heterocycles. The van der Waals surface area contributed by atoms with E-state index in [0.717, 1.165) is 11.0 Å².